The molecule has 1 aromatic heterocycles. The molecule has 0 saturated carbocycles. The summed E-state index contributed by atoms with van der Waals surface area (Å²) in [6.07, 6.45) is 1.77. The average molecular weight is 393 g/mol. The highest BCUT2D eigenvalue weighted by atomic mass is 127. The van der Waals surface area contributed by atoms with E-state index in [9.17, 15) is 0 Å². The van der Waals surface area contributed by atoms with Crippen LogP contribution in [-0.2, 0) is 11.2 Å². The smallest absolute Gasteiger partial charge is 0.111 e. The van der Waals surface area contributed by atoms with Gasteiger partial charge in [0.15, 0.2) is 0 Å². The molecule has 1 aromatic carbocycles. The second-order valence-electron chi connectivity index (χ2n) is 4.60. The number of hydrogen-bond donors (Lipinski definition) is 0. The molecule has 3 nitrogen and oxygen atoms in total. The Hall–Kier alpha value is -0.330. The van der Waals surface area contributed by atoms with E-state index in [-0.39, 0.29) is 0 Å². The Balaban J connectivity index is 2.45. The molecule has 0 fully saturated rings. The van der Waals surface area contributed by atoms with E-state index in [1.54, 1.807) is 7.11 Å². The Bertz CT molecular complexity index is 556. The Morgan fingerprint density at radius 2 is 2.26 bits per heavy atom. The number of imidazole rings is 1. The average Bonchev–Trinajstić information content (AvgIpc) is 2.73. The molecule has 0 amide bonds. The van der Waals surface area contributed by atoms with Gasteiger partial charge in [0, 0.05) is 35.6 Å². The zero-order valence-electron chi connectivity index (χ0n) is 11.2. The maximum atomic E-state index is 5.90. The molecule has 0 bridgehead atoms. The van der Waals surface area contributed by atoms with Gasteiger partial charge in [-0.2, -0.15) is 0 Å². The van der Waals surface area contributed by atoms with E-state index in [1.807, 2.05) is 0 Å². The van der Waals surface area contributed by atoms with Crippen LogP contribution in [-0.4, -0.2) is 29.1 Å². The number of nitrogens with zero attached hydrogens (tertiary/aromatic N) is 2. The molecule has 0 saturated heterocycles. The first-order valence-electron chi connectivity index (χ1n) is 6.38. The molecule has 1 atom stereocenters. The summed E-state index contributed by atoms with van der Waals surface area (Å²) in [5.74, 6) is 1.66. The normalized spacial score (nSPS) is 13.1. The summed E-state index contributed by atoms with van der Waals surface area (Å²) in [7, 11) is 1.74. The minimum absolute atomic E-state index is 0.364. The summed E-state index contributed by atoms with van der Waals surface area (Å²) in [5.41, 5.74) is 2.24. The third kappa shape index (κ3) is 3.41. The van der Waals surface area contributed by atoms with Gasteiger partial charge in [-0.05, 0) is 54.1 Å². The molecule has 1 unspecified atom stereocenters. The molecule has 104 valence electrons. The van der Waals surface area contributed by atoms with Gasteiger partial charge < -0.3 is 9.30 Å². The van der Waals surface area contributed by atoms with Gasteiger partial charge in [0.25, 0.3) is 0 Å². The lowest BCUT2D eigenvalue weighted by Crippen LogP contribution is -2.12. The standard InChI is InChI=1S/C14H18ClIN2O/c1-10(6-8-19-2)18-13-4-3-11(16)9-12(13)17-14(18)5-7-15/h3-4,9-10H,5-8H2,1-2H3. The van der Waals surface area contributed by atoms with Crippen LogP contribution < -0.4 is 0 Å². The molecule has 5 heteroatoms. The fraction of sp³-hybridized carbons (Fsp3) is 0.500. The van der Waals surface area contributed by atoms with Gasteiger partial charge in [-0.15, -0.1) is 11.6 Å². The molecular weight excluding hydrogens is 375 g/mol. The predicted octanol–water partition coefficient (Wildman–Crippen LogP) is 4.02. The van der Waals surface area contributed by atoms with Crippen molar-refractivity contribution < 1.29 is 4.74 Å². The lowest BCUT2D eigenvalue weighted by molar-refractivity contribution is 0.181. The fourth-order valence-corrected chi connectivity index (χ4v) is 2.94. The van der Waals surface area contributed by atoms with Crippen LogP contribution in [0.3, 0.4) is 0 Å². The molecule has 0 N–H and O–H groups in total. The van der Waals surface area contributed by atoms with Gasteiger partial charge in [0.2, 0.25) is 0 Å². The van der Waals surface area contributed by atoms with Crippen molar-refractivity contribution in [1.29, 1.82) is 0 Å². The molecule has 0 aliphatic rings. The Morgan fingerprint density at radius 1 is 1.47 bits per heavy atom. The number of fused-ring (bicyclic) bond motifs is 1. The monoisotopic (exact) mass is 392 g/mol. The van der Waals surface area contributed by atoms with Crippen molar-refractivity contribution in [3.63, 3.8) is 0 Å². The molecule has 19 heavy (non-hydrogen) atoms. The van der Waals surface area contributed by atoms with Gasteiger partial charge in [0.1, 0.15) is 5.82 Å². The number of aromatic nitrogens is 2. The van der Waals surface area contributed by atoms with Crippen molar-refractivity contribution in [3.8, 4) is 0 Å². The van der Waals surface area contributed by atoms with Crippen molar-refractivity contribution in [2.45, 2.75) is 25.8 Å². The Morgan fingerprint density at radius 3 is 2.95 bits per heavy atom. The van der Waals surface area contributed by atoms with E-state index in [2.05, 4.69) is 52.3 Å². The first-order valence-corrected chi connectivity index (χ1v) is 8.00. The SMILES string of the molecule is COCCC(C)n1c(CCCl)nc2cc(I)ccc21. The Kier molecular flexibility index (Phi) is 5.47. The molecule has 2 aromatic rings. The lowest BCUT2D eigenvalue weighted by Gasteiger charge is -2.17. The summed E-state index contributed by atoms with van der Waals surface area (Å²) in [4.78, 5) is 4.73. The van der Waals surface area contributed by atoms with E-state index in [0.717, 1.165) is 30.8 Å². The van der Waals surface area contributed by atoms with Crippen molar-refractivity contribution in [1.82, 2.24) is 9.55 Å². The van der Waals surface area contributed by atoms with E-state index in [4.69, 9.17) is 21.3 Å². The van der Waals surface area contributed by atoms with Crippen LogP contribution in [0.25, 0.3) is 11.0 Å². The van der Waals surface area contributed by atoms with Crippen LogP contribution >= 0.6 is 34.2 Å². The molecular formula is C14H18ClIN2O. The first kappa shape index (κ1) is 15.1. The van der Waals surface area contributed by atoms with Gasteiger partial charge >= 0.3 is 0 Å². The molecule has 0 aliphatic heterocycles. The zero-order valence-corrected chi connectivity index (χ0v) is 14.1. The van der Waals surface area contributed by atoms with Gasteiger partial charge in [-0.1, -0.05) is 0 Å². The third-order valence-electron chi connectivity index (χ3n) is 3.22. The van der Waals surface area contributed by atoms with Crippen LogP contribution in [0.5, 0.6) is 0 Å². The topological polar surface area (TPSA) is 27.1 Å². The van der Waals surface area contributed by atoms with Gasteiger partial charge in [-0.25, -0.2) is 4.98 Å². The van der Waals surface area contributed by atoms with Crippen LogP contribution in [0.4, 0.5) is 0 Å². The van der Waals surface area contributed by atoms with Gasteiger partial charge in [-0.3, -0.25) is 0 Å². The minimum atomic E-state index is 0.364. The quantitative estimate of drug-likeness (QED) is 0.548. The molecule has 0 spiro atoms. The minimum Gasteiger partial charge on any atom is -0.385 e. The maximum absolute atomic E-state index is 5.90. The third-order valence-corrected chi connectivity index (χ3v) is 4.08. The number of hydrogen-bond acceptors (Lipinski definition) is 2. The van der Waals surface area contributed by atoms with Crippen molar-refractivity contribution >= 4 is 45.2 Å². The number of aryl methyl sites for hydroxylation is 1. The molecule has 0 aliphatic carbocycles. The summed E-state index contributed by atoms with van der Waals surface area (Å²) in [5, 5.41) is 0. The number of benzene rings is 1. The van der Waals surface area contributed by atoms with Crippen molar-refractivity contribution in [2.75, 3.05) is 19.6 Å². The number of halogens is 2. The van der Waals surface area contributed by atoms with Crippen LogP contribution in [0.1, 0.15) is 25.2 Å². The van der Waals surface area contributed by atoms with E-state index < -0.39 is 0 Å². The van der Waals surface area contributed by atoms with Crippen molar-refractivity contribution in [3.05, 3.63) is 27.6 Å². The second kappa shape index (κ2) is 6.90. The second-order valence-corrected chi connectivity index (χ2v) is 6.22. The summed E-state index contributed by atoms with van der Waals surface area (Å²) >= 11 is 8.21. The van der Waals surface area contributed by atoms with Crippen LogP contribution in [0, 0.1) is 3.57 Å². The zero-order chi connectivity index (χ0) is 13.8. The highest BCUT2D eigenvalue weighted by Gasteiger charge is 2.15. The largest absolute Gasteiger partial charge is 0.385 e. The number of methoxy groups -OCH3 is 1. The lowest BCUT2D eigenvalue weighted by atomic mass is 10.2. The van der Waals surface area contributed by atoms with Crippen LogP contribution in [0.2, 0.25) is 0 Å². The summed E-state index contributed by atoms with van der Waals surface area (Å²) in [6, 6.07) is 6.75. The number of ether oxygens (including phenoxy) is 1. The van der Waals surface area contributed by atoms with Crippen molar-refractivity contribution in [2.24, 2.45) is 0 Å². The maximum Gasteiger partial charge on any atom is 0.111 e. The highest BCUT2D eigenvalue weighted by Crippen LogP contribution is 2.25. The number of rotatable bonds is 6. The number of alkyl halides is 1. The van der Waals surface area contributed by atoms with E-state index in [0.29, 0.717) is 11.9 Å². The predicted molar refractivity (Wildman–Crippen MR) is 88.1 cm³/mol. The molecule has 2 rings (SSSR count). The fourth-order valence-electron chi connectivity index (χ4n) is 2.29. The van der Waals surface area contributed by atoms with E-state index in [1.165, 1.54) is 9.09 Å². The van der Waals surface area contributed by atoms with Crippen LogP contribution in [0.15, 0.2) is 18.2 Å². The highest BCUT2D eigenvalue weighted by molar-refractivity contribution is 14.1. The molecule has 0 radical (unpaired) electrons. The Labute approximate surface area is 132 Å². The van der Waals surface area contributed by atoms with E-state index >= 15 is 0 Å². The van der Waals surface area contributed by atoms with Gasteiger partial charge in [0.05, 0.1) is 11.0 Å². The first-order chi connectivity index (χ1) is 9.17. The molecule has 1 heterocycles. The summed E-state index contributed by atoms with van der Waals surface area (Å²) in [6.45, 7) is 2.96. The summed E-state index contributed by atoms with van der Waals surface area (Å²) < 4.78 is 8.68.